The SMILES string of the molecule is O=C(c1cc(OCc2ccccc2)ncn1)N1CCN(Cc2ccccn2)CC1. The second-order valence-electron chi connectivity index (χ2n) is 6.91. The molecule has 0 atom stereocenters. The molecule has 1 aromatic carbocycles. The Bertz CT molecular complexity index is 928. The highest BCUT2D eigenvalue weighted by molar-refractivity contribution is 5.92. The number of carbonyl (C=O) groups excluding carboxylic acids is 1. The van der Waals surface area contributed by atoms with Gasteiger partial charge in [-0.2, -0.15) is 0 Å². The van der Waals surface area contributed by atoms with Gasteiger partial charge in [-0.1, -0.05) is 36.4 Å². The minimum Gasteiger partial charge on any atom is -0.473 e. The molecule has 0 spiro atoms. The van der Waals surface area contributed by atoms with Crippen LogP contribution in [0.4, 0.5) is 0 Å². The number of rotatable bonds is 6. The van der Waals surface area contributed by atoms with E-state index >= 15 is 0 Å². The summed E-state index contributed by atoms with van der Waals surface area (Å²) in [5.41, 5.74) is 2.45. The van der Waals surface area contributed by atoms with Crippen LogP contribution in [0, 0.1) is 0 Å². The Balaban J connectivity index is 1.31. The Morgan fingerprint density at radius 1 is 0.931 bits per heavy atom. The fourth-order valence-corrected chi connectivity index (χ4v) is 3.26. The molecule has 0 saturated carbocycles. The summed E-state index contributed by atoms with van der Waals surface area (Å²) in [6.07, 6.45) is 3.19. The van der Waals surface area contributed by atoms with Gasteiger partial charge in [0, 0.05) is 45.0 Å². The summed E-state index contributed by atoms with van der Waals surface area (Å²) in [7, 11) is 0. The third kappa shape index (κ3) is 5.14. The maximum absolute atomic E-state index is 12.8. The van der Waals surface area contributed by atoms with Crippen molar-refractivity contribution >= 4 is 5.91 Å². The van der Waals surface area contributed by atoms with Crippen LogP contribution in [0.25, 0.3) is 0 Å². The Labute approximate surface area is 170 Å². The summed E-state index contributed by atoms with van der Waals surface area (Å²) < 4.78 is 5.72. The van der Waals surface area contributed by atoms with Gasteiger partial charge in [-0.15, -0.1) is 0 Å². The first kappa shape index (κ1) is 19.0. The molecule has 0 bridgehead atoms. The smallest absolute Gasteiger partial charge is 0.272 e. The summed E-state index contributed by atoms with van der Waals surface area (Å²) in [4.78, 5) is 29.6. The van der Waals surface area contributed by atoms with Crippen LogP contribution < -0.4 is 4.74 Å². The molecule has 1 aliphatic heterocycles. The van der Waals surface area contributed by atoms with Crippen LogP contribution in [0.2, 0.25) is 0 Å². The van der Waals surface area contributed by atoms with Gasteiger partial charge in [-0.25, -0.2) is 9.97 Å². The summed E-state index contributed by atoms with van der Waals surface area (Å²) in [6.45, 7) is 4.15. The number of carbonyl (C=O) groups is 1. The maximum atomic E-state index is 12.8. The van der Waals surface area contributed by atoms with Crippen molar-refractivity contribution in [2.45, 2.75) is 13.2 Å². The number of hydrogen-bond donors (Lipinski definition) is 0. The molecule has 148 valence electrons. The topological polar surface area (TPSA) is 71.5 Å². The number of aromatic nitrogens is 3. The molecule has 3 aromatic rings. The molecule has 1 fully saturated rings. The van der Waals surface area contributed by atoms with Crippen LogP contribution in [0.1, 0.15) is 21.7 Å². The molecular weight excluding hydrogens is 366 g/mol. The van der Waals surface area contributed by atoms with Crippen molar-refractivity contribution in [3.05, 3.63) is 84.1 Å². The van der Waals surface area contributed by atoms with Gasteiger partial charge >= 0.3 is 0 Å². The van der Waals surface area contributed by atoms with Crippen LogP contribution in [0.5, 0.6) is 5.88 Å². The number of amides is 1. The fourth-order valence-electron chi connectivity index (χ4n) is 3.26. The zero-order valence-electron chi connectivity index (χ0n) is 16.1. The number of pyridine rings is 1. The van der Waals surface area contributed by atoms with E-state index in [1.807, 2.05) is 59.6 Å². The molecule has 3 heterocycles. The van der Waals surface area contributed by atoms with Crippen molar-refractivity contribution in [2.24, 2.45) is 0 Å². The standard InChI is InChI=1S/C22H23N5O2/c28-22(27-12-10-26(11-13-27)15-19-8-4-5-9-23-19)20-14-21(25-17-24-20)29-16-18-6-2-1-3-7-18/h1-9,14,17H,10-13,15-16H2. The van der Waals surface area contributed by atoms with Crippen LogP contribution in [0.15, 0.2) is 67.1 Å². The summed E-state index contributed by atoms with van der Waals surface area (Å²) >= 11 is 0. The molecule has 0 unspecified atom stereocenters. The Morgan fingerprint density at radius 3 is 2.48 bits per heavy atom. The van der Waals surface area contributed by atoms with E-state index in [1.54, 1.807) is 6.07 Å². The van der Waals surface area contributed by atoms with Crippen LogP contribution in [-0.4, -0.2) is 56.8 Å². The minimum absolute atomic E-state index is 0.0885. The van der Waals surface area contributed by atoms with E-state index < -0.39 is 0 Å². The van der Waals surface area contributed by atoms with Crippen molar-refractivity contribution in [1.82, 2.24) is 24.8 Å². The molecule has 7 heteroatoms. The Morgan fingerprint density at radius 2 is 1.72 bits per heavy atom. The van der Waals surface area contributed by atoms with Crippen molar-refractivity contribution in [2.75, 3.05) is 26.2 Å². The van der Waals surface area contributed by atoms with Gasteiger partial charge in [0.2, 0.25) is 5.88 Å². The number of nitrogens with zero attached hydrogens (tertiary/aromatic N) is 5. The highest BCUT2D eigenvalue weighted by atomic mass is 16.5. The zero-order chi connectivity index (χ0) is 19.9. The predicted octanol–water partition coefficient (Wildman–Crippen LogP) is 2.41. The maximum Gasteiger partial charge on any atom is 0.272 e. The van der Waals surface area contributed by atoms with Crippen molar-refractivity contribution < 1.29 is 9.53 Å². The second-order valence-corrected chi connectivity index (χ2v) is 6.91. The Kier molecular flexibility index (Phi) is 6.07. The highest BCUT2D eigenvalue weighted by Crippen LogP contribution is 2.14. The fraction of sp³-hybridized carbons (Fsp3) is 0.273. The third-order valence-electron chi connectivity index (χ3n) is 4.86. The van der Waals surface area contributed by atoms with E-state index in [4.69, 9.17) is 4.74 Å². The van der Waals surface area contributed by atoms with Gasteiger partial charge in [0.05, 0.1) is 5.69 Å². The highest BCUT2D eigenvalue weighted by Gasteiger charge is 2.23. The van der Waals surface area contributed by atoms with E-state index in [0.29, 0.717) is 31.3 Å². The molecule has 4 rings (SSSR count). The van der Waals surface area contributed by atoms with Crippen molar-refractivity contribution in [3.8, 4) is 5.88 Å². The number of hydrogen-bond acceptors (Lipinski definition) is 6. The van der Waals surface area contributed by atoms with E-state index in [0.717, 1.165) is 30.9 Å². The van der Waals surface area contributed by atoms with E-state index in [-0.39, 0.29) is 5.91 Å². The molecule has 0 N–H and O–H groups in total. The Hall–Kier alpha value is -3.32. The summed E-state index contributed by atoms with van der Waals surface area (Å²) in [6, 6.07) is 17.4. The number of piperazine rings is 1. The first-order valence-corrected chi connectivity index (χ1v) is 9.68. The molecule has 0 radical (unpaired) electrons. The number of benzene rings is 1. The molecule has 0 aliphatic carbocycles. The molecular formula is C22H23N5O2. The van der Waals surface area contributed by atoms with Gasteiger partial charge in [-0.3, -0.25) is 14.7 Å². The molecule has 2 aromatic heterocycles. The van der Waals surface area contributed by atoms with E-state index in [2.05, 4.69) is 19.9 Å². The van der Waals surface area contributed by atoms with Gasteiger partial charge in [0.25, 0.3) is 5.91 Å². The molecule has 29 heavy (non-hydrogen) atoms. The normalized spacial score (nSPS) is 14.6. The van der Waals surface area contributed by atoms with E-state index in [9.17, 15) is 4.79 Å². The monoisotopic (exact) mass is 389 g/mol. The van der Waals surface area contributed by atoms with Crippen molar-refractivity contribution in [1.29, 1.82) is 0 Å². The lowest BCUT2D eigenvalue weighted by atomic mass is 10.2. The van der Waals surface area contributed by atoms with Gasteiger partial charge in [0.1, 0.15) is 18.6 Å². The average molecular weight is 389 g/mol. The lowest BCUT2D eigenvalue weighted by Crippen LogP contribution is -2.48. The lowest BCUT2D eigenvalue weighted by molar-refractivity contribution is 0.0620. The average Bonchev–Trinajstić information content (AvgIpc) is 2.79. The predicted molar refractivity (Wildman–Crippen MR) is 108 cm³/mol. The van der Waals surface area contributed by atoms with Gasteiger partial charge in [-0.05, 0) is 17.7 Å². The summed E-state index contributed by atoms with van der Waals surface area (Å²) in [5.74, 6) is 0.315. The second kappa shape index (κ2) is 9.25. The quantitative estimate of drug-likeness (QED) is 0.645. The largest absolute Gasteiger partial charge is 0.473 e. The van der Waals surface area contributed by atoms with Crippen LogP contribution in [0.3, 0.4) is 0 Å². The molecule has 1 saturated heterocycles. The third-order valence-corrected chi connectivity index (χ3v) is 4.86. The van der Waals surface area contributed by atoms with Crippen LogP contribution in [-0.2, 0) is 13.2 Å². The molecule has 7 nitrogen and oxygen atoms in total. The van der Waals surface area contributed by atoms with Gasteiger partial charge < -0.3 is 9.64 Å². The molecule has 1 aliphatic rings. The van der Waals surface area contributed by atoms with Crippen molar-refractivity contribution in [3.63, 3.8) is 0 Å². The first-order chi connectivity index (χ1) is 14.3. The summed E-state index contributed by atoms with van der Waals surface area (Å²) in [5, 5.41) is 0. The van der Waals surface area contributed by atoms with Gasteiger partial charge in [0.15, 0.2) is 0 Å². The molecule has 1 amide bonds. The number of ether oxygens (including phenoxy) is 1. The lowest BCUT2D eigenvalue weighted by Gasteiger charge is -2.34. The zero-order valence-corrected chi connectivity index (χ0v) is 16.1. The minimum atomic E-state index is -0.0885. The van der Waals surface area contributed by atoms with Crippen LogP contribution >= 0.6 is 0 Å². The van der Waals surface area contributed by atoms with E-state index in [1.165, 1.54) is 6.33 Å². The first-order valence-electron chi connectivity index (χ1n) is 9.68.